The smallest absolute Gasteiger partial charge is 0.327 e. The summed E-state index contributed by atoms with van der Waals surface area (Å²) in [6, 6.07) is -0.939. The molecule has 5 heteroatoms. The summed E-state index contributed by atoms with van der Waals surface area (Å²) in [6.07, 6.45) is 6.17. The topological polar surface area (TPSA) is 74.7 Å². The molecule has 3 fully saturated rings. The molecule has 1 aliphatic heterocycles. The Balaban J connectivity index is 1.85. The van der Waals surface area contributed by atoms with E-state index in [0.717, 1.165) is 49.8 Å². The number of carboxylic acids is 1. The molecule has 3 rings (SSSR count). The first kappa shape index (κ1) is 14.5. The molecule has 0 spiro atoms. The van der Waals surface area contributed by atoms with Gasteiger partial charge in [-0.2, -0.15) is 0 Å². The Morgan fingerprint density at radius 3 is 2.10 bits per heavy atom. The lowest BCUT2D eigenvalue weighted by Gasteiger charge is -2.33. The zero-order valence-electron chi connectivity index (χ0n) is 12.5. The summed E-state index contributed by atoms with van der Waals surface area (Å²) in [6.45, 7) is 2.05. The molecule has 1 saturated heterocycles. The number of likely N-dealkylation sites (tertiary alicyclic amines) is 1. The summed E-state index contributed by atoms with van der Waals surface area (Å²) in [7, 11) is 0. The largest absolute Gasteiger partial charge is 0.480 e. The summed E-state index contributed by atoms with van der Waals surface area (Å²) >= 11 is 0. The summed E-state index contributed by atoms with van der Waals surface area (Å²) in [5.74, 6) is -1.69. The molecule has 0 radical (unpaired) electrons. The third-order valence-electron chi connectivity index (χ3n) is 5.54. The molecule has 5 nitrogen and oxygen atoms in total. The van der Waals surface area contributed by atoms with Crippen molar-refractivity contribution in [2.24, 2.45) is 23.7 Å². The number of amides is 2. The predicted octanol–water partition coefficient (Wildman–Crippen LogP) is 2.05. The molecule has 21 heavy (non-hydrogen) atoms. The van der Waals surface area contributed by atoms with Crippen molar-refractivity contribution in [3.05, 3.63) is 0 Å². The number of hydrogen-bond acceptors (Lipinski definition) is 3. The number of imide groups is 1. The highest BCUT2D eigenvalue weighted by molar-refractivity contribution is 6.08. The fourth-order valence-electron chi connectivity index (χ4n) is 4.55. The van der Waals surface area contributed by atoms with Crippen molar-refractivity contribution in [2.45, 2.75) is 57.9 Å². The Morgan fingerprint density at radius 1 is 1.10 bits per heavy atom. The van der Waals surface area contributed by atoms with E-state index in [-0.39, 0.29) is 29.6 Å². The first-order valence-electron chi connectivity index (χ1n) is 8.10. The highest BCUT2D eigenvalue weighted by atomic mass is 16.4. The molecule has 3 atom stereocenters. The Morgan fingerprint density at radius 2 is 1.62 bits per heavy atom. The molecular formula is C16H23NO4. The van der Waals surface area contributed by atoms with Crippen LogP contribution >= 0.6 is 0 Å². The monoisotopic (exact) mass is 293 g/mol. The lowest BCUT2D eigenvalue weighted by Crippen LogP contribution is -2.50. The molecule has 0 aromatic heterocycles. The summed E-state index contributed by atoms with van der Waals surface area (Å²) in [5.41, 5.74) is 0. The maximum atomic E-state index is 12.6. The van der Waals surface area contributed by atoms with Crippen molar-refractivity contribution < 1.29 is 19.5 Å². The molecule has 1 heterocycles. The van der Waals surface area contributed by atoms with Crippen LogP contribution in [0.25, 0.3) is 0 Å². The zero-order chi connectivity index (χ0) is 15.1. The fourth-order valence-corrected chi connectivity index (χ4v) is 4.55. The van der Waals surface area contributed by atoms with Gasteiger partial charge in [-0.05, 0) is 37.5 Å². The van der Waals surface area contributed by atoms with E-state index in [1.165, 1.54) is 0 Å². The number of rotatable bonds is 3. The minimum Gasteiger partial charge on any atom is -0.480 e. The van der Waals surface area contributed by atoms with Gasteiger partial charge in [0.05, 0.1) is 11.8 Å². The van der Waals surface area contributed by atoms with Crippen molar-refractivity contribution in [1.82, 2.24) is 4.90 Å². The number of carbonyl (C=O) groups excluding carboxylic acids is 2. The minimum atomic E-state index is -1.02. The van der Waals surface area contributed by atoms with Crippen LogP contribution in [-0.2, 0) is 14.4 Å². The maximum absolute atomic E-state index is 12.6. The lowest BCUT2D eigenvalue weighted by molar-refractivity contribution is -0.158. The molecule has 0 bridgehead atoms. The van der Waals surface area contributed by atoms with E-state index in [1.54, 1.807) is 0 Å². The quantitative estimate of drug-likeness (QED) is 0.808. The number of aliphatic carboxylic acids is 1. The molecule has 2 saturated carbocycles. The standard InChI is InChI=1S/C16H23NO4/c1-9-7-11-12(8-9)15(19)17(14(11)18)13(16(20)21)10-5-3-2-4-6-10/h9-13H,2-8H2,1H3,(H,20,21). The van der Waals surface area contributed by atoms with Gasteiger partial charge < -0.3 is 5.11 Å². The second kappa shape index (κ2) is 5.43. The van der Waals surface area contributed by atoms with E-state index in [2.05, 4.69) is 6.92 Å². The third kappa shape index (κ3) is 2.36. The molecule has 3 aliphatic rings. The normalized spacial score (nSPS) is 35.1. The molecule has 2 aliphatic carbocycles. The van der Waals surface area contributed by atoms with Gasteiger partial charge in [-0.25, -0.2) is 4.79 Å². The highest BCUT2D eigenvalue weighted by Gasteiger charge is 2.55. The van der Waals surface area contributed by atoms with E-state index in [1.807, 2.05) is 0 Å². The van der Waals surface area contributed by atoms with Crippen LogP contribution in [0.15, 0.2) is 0 Å². The SMILES string of the molecule is CC1CC2C(=O)N(C(C(=O)O)C3CCCCC3)C(=O)C2C1. The zero-order valence-corrected chi connectivity index (χ0v) is 12.5. The van der Waals surface area contributed by atoms with Crippen LogP contribution in [0.4, 0.5) is 0 Å². The predicted molar refractivity (Wildman–Crippen MR) is 75.2 cm³/mol. The number of carbonyl (C=O) groups is 3. The Bertz CT molecular complexity index is 445. The van der Waals surface area contributed by atoms with Gasteiger partial charge in [0.1, 0.15) is 6.04 Å². The highest BCUT2D eigenvalue weighted by Crippen LogP contribution is 2.45. The fraction of sp³-hybridized carbons (Fsp3) is 0.812. The molecule has 3 unspecified atom stereocenters. The van der Waals surface area contributed by atoms with E-state index in [9.17, 15) is 19.5 Å². The van der Waals surface area contributed by atoms with E-state index < -0.39 is 12.0 Å². The van der Waals surface area contributed by atoms with Gasteiger partial charge in [0.25, 0.3) is 0 Å². The number of fused-ring (bicyclic) bond motifs is 1. The van der Waals surface area contributed by atoms with Gasteiger partial charge >= 0.3 is 5.97 Å². The molecule has 0 aromatic rings. The van der Waals surface area contributed by atoms with Crippen LogP contribution in [-0.4, -0.2) is 33.8 Å². The van der Waals surface area contributed by atoms with Gasteiger partial charge in [-0.1, -0.05) is 26.2 Å². The van der Waals surface area contributed by atoms with E-state index >= 15 is 0 Å². The van der Waals surface area contributed by atoms with Crippen LogP contribution < -0.4 is 0 Å². The van der Waals surface area contributed by atoms with Gasteiger partial charge in [0.2, 0.25) is 11.8 Å². The Hall–Kier alpha value is -1.39. The average molecular weight is 293 g/mol. The van der Waals surface area contributed by atoms with Crippen molar-refractivity contribution >= 4 is 17.8 Å². The van der Waals surface area contributed by atoms with E-state index in [0.29, 0.717) is 5.92 Å². The summed E-state index contributed by atoms with van der Waals surface area (Å²) < 4.78 is 0. The second-order valence-electron chi connectivity index (χ2n) is 7.02. The van der Waals surface area contributed by atoms with Gasteiger partial charge in [0.15, 0.2) is 0 Å². The van der Waals surface area contributed by atoms with Crippen molar-refractivity contribution in [1.29, 1.82) is 0 Å². The first-order chi connectivity index (χ1) is 10.0. The Labute approximate surface area is 124 Å². The van der Waals surface area contributed by atoms with Gasteiger partial charge in [-0.3, -0.25) is 14.5 Å². The van der Waals surface area contributed by atoms with Crippen LogP contribution in [0.3, 0.4) is 0 Å². The second-order valence-corrected chi connectivity index (χ2v) is 7.02. The van der Waals surface area contributed by atoms with Crippen LogP contribution in [0.5, 0.6) is 0 Å². The van der Waals surface area contributed by atoms with Gasteiger partial charge in [0, 0.05) is 0 Å². The number of carboxylic acid groups (broad SMARTS) is 1. The lowest BCUT2D eigenvalue weighted by atomic mass is 9.83. The maximum Gasteiger partial charge on any atom is 0.327 e. The number of hydrogen-bond donors (Lipinski definition) is 1. The van der Waals surface area contributed by atoms with Crippen LogP contribution in [0.2, 0.25) is 0 Å². The Kier molecular flexibility index (Phi) is 3.76. The minimum absolute atomic E-state index is 0.0691. The van der Waals surface area contributed by atoms with Crippen LogP contribution in [0.1, 0.15) is 51.9 Å². The average Bonchev–Trinajstić information content (AvgIpc) is 2.93. The molecule has 116 valence electrons. The van der Waals surface area contributed by atoms with Gasteiger partial charge in [-0.15, -0.1) is 0 Å². The molecule has 2 amide bonds. The summed E-state index contributed by atoms with van der Waals surface area (Å²) in [4.78, 5) is 38.0. The molecular weight excluding hydrogens is 270 g/mol. The van der Waals surface area contributed by atoms with Crippen LogP contribution in [0, 0.1) is 23.7 Å². The van der Waals surface area contributed by atoms with Crippen molar-refractivity contribution in [3.63, 3.8) is 0 Å². The molecule has 0 aromatic carbocycles. The van der Waals surface area contributed by atoms with E-state index in [4.69, 9.17) is 0 Å². The third-order valence-corrected chi connectivity index (χ3v) is 5.54. The number of nitrogens with zero attached hydrogens (tertiary/aromatic N) is 1. The van der Waals surface area contributed by atoms with Crippen molar-refractivity contribution in [3.8, 4) is 0 Å². The van der Waals surface area contributed by atoms with Crippen molar-refractivity contribution in [2.75, 3.05) is 0 Å². The molecule has 1 N–H and O–H groups in total. The summed E-state index contributed by atoms with van der Waals surface area (Å²) in [5, 5.41) is 9.59. The first-order valence-corrected chi connectivity index (χ1v) is 8.10.